The summed E-state index contributed by atoms with van der Waals surface area (Å²) in [6.45, 7) is 0. The molecule has 0 bridgehead atoms. The Kier molecular flexibility index (Phi) is 5.74. The molecular formula is C19H13N5O6S. The largest absolute Gasteiger partial charge is 0.595 e. The van der Waals surface area contributed by atoms with Gasteiger partial charge in [-0.2, -0.15) is 28.8 Å². The molecular weight excluding hydrogens is 426 g/mol. The lowest BCUT2D eigenvalue weighted by Crippen LogP contribution is -2.99. The maximum Gasteiger partial charge on any atom is 0.291 e. The fourth-order valence-corrected chi connectivity index (χ4v) is 3.83. The third-order valence-electron chi connectivity index (χ3n) is 4.26. The molecule has 0 aliphatic heterocycles. The van der Waals surface area contributed by atoms with Crippen LogP contribution in [0.1, 0.15) is 11.1 Å². The zero-order chi connectivity index (χ0) is 22.8. The Balaban J connectivity index is 2.23. The van der Waals surface area contributed by atoms with Crippen LogP contribution in [0.25, 0.3) is 11.1 Å². The molecule has 3 aromatic rings. The van der Waals surface area contributed by atoms with Crippen LogP contribution in [-0.2, 0) is 10.0 Å². The van der Waals surface area contributed by atoms with Crippen LogP contribution in [0.2, 0.25) is 0 Å². The molecule has 3 rings (SSSR count). The van der Waals surface area contributed by atoms with Gasteiger partial charge < -0.3 is 10.3 Å². The third-order valence-corrected chi connectivity index (χ3v) is 5.58. The van der Waals surface area contributed by atoms with Crippen molar-refractivity contribution in [2.75, 3.05) is 4.83 Å². The first-order valence-electron chi connectivity index (χ1n) is 8.45. The van der Waals surface area contributed by atoms with E-state index in [9.17, 15) is 34.0 Å². The smallest absolute Gasteiger partial charge is 0.291 e. The van der Waals surface area contributed by atoms with Crippen molar-refractivity contribution in [1.82, 2.24) is 4.68 Å². The van der Waals surface area contributed by atoms with Crippen molar-refractivity contribution in [3.05, 3.63) is 81.3 Å². The highest BCUT2D eigenvalue weighted by molar-refractivity contribution is 7.92. The summed E-state index contributed by atoms with van der Waals surface area (Å²) in [5.41, 5.74) is -2.59. The molecule has 0 radical (unpaired) electrons. The lowest BCUT2D eigenvalue weighted by Gasteiger charge is -2.16. The van der Waals surface area contributed by atoms with Gasteiger partial charge >= 0.3 is 0 Å². The van der Waals surface area contributed by atoms with Crippen molar-refractivity contribution < 1.29 is 24.0 Å². The lowest BCUT2D eigenvalue weighted by molar-refractivity contribution is -0.991. The van der Waals surface area contributed by atoms with Gasteiger partial charge in [-0.1, -0.05) is 18.2 Å². The standard InChI is InChI=1S/C19H13N5O6S/c20-10-15-17(12-6-8-13(9-7-12)24(27)28)16(11-21)19(26)23(18(15)25)22-31(29,30)14-4-2-1-3-5-14/h1-9,22,24-25,27H. The summed E-state index contributed by atoms with van der Waals surface area (Å²) in [5.74, 6) is -1.02. The predicted octanol–water partition coefficient (Wildman–Crippen LogP) is 0.300. The summed E-state index contributed by atoms with van der Waals surface area (Å²) in [7, 11) is -4.33. The minimum atomic E-state index is -4.33. The maximum atomic E-state index is 12.8. The molecule has 1 aromatic heterocycles. The normalized spacial score (nSPS) is 11.9. The summed E-state index contributed by atoms with van der Waals surface area (Å²) in [6, 6.07) is 15.2. The molecule has 1 atom stereocenters. The SMILES string of the molecule is N#Cc1c(-c2ccc([NH+]([O-])O)cc2)c(C#N)c(=O)n(NS(=O)(=O)c2ccccc2)c1O. The molecule has 0 saturated heterocycles. The number of hydrogen-bond acceptors (Lipinski definition) is 8. The molecule has 0 saturated carbocycles. The Labute approximate surface area is 175 Å². The number of hydrogen-bond donors (Lipinski definition) is 4. The van der Waals surface area contributed by atoms with Gasteiger partial charge in [0, 0.05) is 17.7 Å². The van der Waals surface area contributed by atoms with Crippen LogP contribution in [0.3, 0.4) is 0 Å². The number of quaternary nitrogens is 1. The monoisotopic (exact) mass is 439 g/mol. The number of nitrogens with zero attached hydrogens (tertiary/aromatic N) is 3. The second-order valence-electron chi connectivity index (χ2n) is 6.10. The van der Waals surface area contributed by atoms with Crippen LogP contribution >= 0.6 is 0 Å². The van der Waals surface area contributed by atoms with E-state index in [1.165, 1.54) is 48.5 Å². The van der Waals surface area contributed by atoms with E-state index in [2.05, 4.69) is 0 Å². The van der Waals surface area contributed by atoms with Crippen LogP contribution < -0.4 is 15.6 Å². The van der Waals surface area contributed by atoms with E-state index in [1.807, 2.05) is 4.83 Å². The van der Waals surface area contributed by atoms with Crippen LogP contribution in [0.5, 0.6) is 5.88 Å². The number of aromatic hydroxyl groups is 1. The Hall–Kier alpha value is -4.20. The third kappa shape index (κ3) is 3.95. The summed E-state index contributed by atoms with van der Waals surface area (Å²) < 4.78 is 25.3. The highest BCUT2D eigenvalue weighted by atomic mass is 32.2. The molecule has 0 aliphatic carbocycles. The minimum Gasteiger partial charge on any atom is -0.595 e. The average molecular weight is 439 g/mol. The summed E-state index contributed by atoms with van der Waals surface area (Å²) in [5, 5.41) is 48.4. The number of nitriles is 2. The number of rotatable bonds is 5. The van der Waals surface area contributed by atoms with Gasteiger partial charge in [-0.25, -0.2) is 10.0 Å². The molecule has 11 nitrogen and oxygen atoms in total. The number of pyridine rings is 1. The van der Waals surface area contributed by atoms with E-state index < -0.39 is 37.8 Å². The predicted molar refractivity (Wildman–Crippen MR) is 106 cm³/mol. The van der Waals surface area contributed by atoms with Gasteiger partial charge in [0.05, 0.1) is 4.90 Å². The summed E-state index contributed by atoms with van der Waals surface area (Å²) >= 11 is 0. The highest BCUT2D eigenvalue weighted by Crippen LogP contribution is 2.31. The van der Waals surface area contributed by atoms with Gasteiger partial charge in [0.2, 0.25) is 5.88 Å². The van der Waals surface area contributed by atoms with Gasteiger partial charge in [-0.15, -0.1) is 0 Å². The van der Waals surface area contributed by atoms with Crippen molar-refractivity contribution >= 4 is 15.7 Å². The van der Waals surface area contributed by atoms with E-state index in [1.54, 1.807) is 18.2 Å². The molecule has 0 amide bonds. The first-order chi connectivity index (χ1) is 14.7. The lowest BCUT2D eigenvalue weighted by atomic mass is 9.97. The number of aromatic nitrogens is 1. The second kappa shape index (κ2) is 8.27. The van der Waals surface area contributed by atoms with Gasteiger partial charge in [-0.3, -0.25) is 4.79 Å². The van der Waals surface area contributed by atoms with E-state index in [0.29, 0.717) is 0 Å². The molecule has 0 fully saturated rings. The first-order valence-corrected chi connectivity index (χ1v) is 9.93. The minimum absolute atomic E-state index is 0.0750. The molecule has 31 heavy (non-hydrogen) atoms. The number of benzene rings is 2. The van der Waals surface area contributed by atoms with Gasteiger partial charge in [0.1, 0.15) is 23.3 Å². The molecule has 1 unspecified atom stereocenters. The average Bonchev–Trinajstić information content (AvgIpc) is 2.77. The fraction of sp³-hybridized carbons (Fsp3) is 0. The van der Waals surface area contributed by atoms with E-state index >= 15 is 0 Å². The molecule has 4 N–H and O–H groups in total. The summed E-state index contributed by atoms with van der Waals surface area (Å²) in [6.07, 6.45) is 0. The van der Waals surface area contributed by atoms with Crippen molar-refractivity contribution in [3.8, 4) is 29.1 Å². The Bertz CT molecular complexity index is 1390. The van der Waals surface area contributed by atoms with Crippen LogP contribution in [0, 0.1) is 27.9 Å². The van der Waals surface area contributed by atoms with Gasteiger partial charge in [-0.05, 0) is 29.8 Å². The fourth-order valence-electron chi connectivity index (χ4n) is 2.80. The van der Waals surface area contributed by atoms with Crippen LogP contribution in [0.15, 0.2) is 64.3 Å². The van der Waals surface area contributed by atoms with Gasteiger partial charge in [0.25, 0.3) is 15.6 Å². The highest BCUT2D eigenvalue weighted by Gasteiger charge is 2.26. The molecule has 0 spiro atoms. The van der Waals surface area contributed by atoms with Crippen molar-refractivity contribution in [2.45, 2.75) is 4.90 Å². The molecule has 156 valence electrons. The van der Waals surface area contributed by atoms with E-state index in [4.69, 9.17) is 5.21 Å². The van der Waals surface area contributed by atoms with E-state index in [0.717, 1.165) is 0 Å². The second-order valence-corrected chi connectivity index (χ2v) is 7.76. The van der Waals surface area contributed by atoms with Crippen molar-refractivity contribution in [3.63, 3.8) is 0 Å². The quantitative estimate of drug-likeness (QED) is 0.409. The zero-order valence-corrected chi connectivity index (χ0v) is 16.3. The number of nitrogens with one attached hydrogen (secondary N) is 2. The van der Waals surface area contributed by atoms with E-state index in [-0.39, 0.29) is 26.4 Å². The Morgan fingerprint density at radius 2 is 1.58 bits per heavy atom. The number of sulfonamides is 1. The molecule has 12 heteroatoms. The van der Waals surface area contributed by atoms with Crippen molar-refractivity contribution in [2.24, 2.45) is 0 Å². The van der Waals surface area contributed by atoms with Crippen molar-refractivity contribution in [1.29, 1.82) is 10.5 Å². The zero-order valence-electron chi connectivity index (χ0n) is 15.5. The van der Waals surface area contributed by atoms with Crippen LogP contribution in [0.4, 0.5) is 5.69 Å². The Morgan fingerprint density at radius 3 is 2.10 bits per heavy atom. The first kappa shape index (κ1) is 21.5. The molecule has 1 heterocycles. The topological polar surface area (TPSA) is 184 Å². The maximum absolute atomic E-state index is 12.8. The van der Waals surface area contributed by atoms with Gasteiger partial charge in [0.15, 0.2) is 5.69 Å². The molecule has 2 aromatic carbocycles. The Morgan fingerprint density at radius 1 is 1.00 bits per heavy atom. The molecule has 0 aliphatic rings. The van der Waals surface area contributed by atoms with Crippen LogP contribution in [-0.4, -0.2) is 23.4 Å². The summed E-state index contributed by atoms with van der Waals surface area (Å²) in [4.78, 5) is 14.5.